The summed E-state index contributed by atoms with van der Waals surface area (Å²) in [6, 6.07) is 17.9. The van der Waals surface area contributed by atoms with Gasteiger partial charge in [0.25, 0.3) is 0 Å². The number of aryl methyl sites for hydroxylation is 3. The first-order chi connectivity index (χ1) is 18.2. The van der Waals surface area contributed by atoms with Gasteiger partial charge < -0.3 is 10.1 Å². The van der Waals surface area contributed by atoms with Crippen LogP contribution in [0.2, 0.25) is 0 Å². The van der Waals surface area contributed by atoms with E-state index in [0.717, 1.165) is 52.0 Å². The molecule has 194 valence electrons. The molecule has 0 bridgehead atoms. The van der Waals surface area contributed by atoms with E-state index in [2.05, 4.69) is 31.7 Å². The number of aromatic nitrogens is 2. The van der Waals surface area contributed by atoms with E-state index in [4.69, 9.17) is 12.2 Å². The van der Waals surface area contributed by atoms with E-state index in [9.17, 15) is 13.2 Å². The monoisotopic (exact) mass is 535 g/mol. The maximum Gasteiger partial charge on any atom is 0.573 e. The number of para-hydroxylation sites is 1. The highest BCUT2D eigenvalue weighted by Gasteiger charge is 2.31. The van der Waals surface area contributed by atoms with E-state index in [1.807, 2.05) is 44.2 Å². The van der Waals surface area contributed by atoms with Crippen LogP contribution in [0.4, 0.5) is 18.9 Å². The number of alkyl halides is 3. The predicted octanol–water partition coefficient (Wildman–Crippen LogP) is 6.47. The van der Waals surface area contributed by atoms with E-state index in [1.165, 1.54) is 17.7 Å². The molecule has 4 aromatic rings. The van der Waals surface area contributed by atoms with Crippen LogP contribution in [-0.4, -0.2) is 27.5 Å². The lowest BCUT2D eigenvalue weighted by molar-refractivity contribution is -0.274. The van der Waals surface area contributed by atoms with Crippen molar-refractivity contribution >= 4 is 29.2 Å². The van der Waals surface area contributed by atoms with Crippen molar-refractivity contribution in [3.05, 3.63) is 94.8 Å². The molecule has 0 unspecified atom stereocenters. The van der Waals surface area contributed by atoms with E-state index >= 15 is 0 Å². The fourth-order valence-electron chi connectivity index (χ4n) is 4.59. The molecule has 38 heavy (non-hydrogen) atoms. The summed E-state index contributed by atoms with van der Waals surface area (Å²) in [4.78, 5) is 0. The third-order valence-corrected chi connectivity index (χ3v) is 6.53. The van der Waals surface area contributed by atoms with E-state index in [1.54, 1.807) is 29.2 Å². The molecule has 0 atom stereocenters. The summed E-state index contributed by atoms with van der Waals surface area (Å²) in [7, 11) is 0. The number of halogens is 3. The van der Waals surface area contributed by atoms with Crippen LogP contribution in [0.25, 0.3) is 16.8 Å². The van der Waals surface area contributed by atoms with Gasteiger partial charge in [-0.15, -0.1) is 13.2 Å². The highest BCUT2D eigenvalue weighted by atomic mass is 32.1. The Balaban J connectivity index is 1.28. The first-order valence-electron chi connectivity index (χ1n) is 11.9. The van der Waals surface area contributed by atoms with Crippen LogP contribution in [0, 0.1) is 13.8 Å². The zero-order chi connectivity index (χ0) is 26.9. The van der Waals surface area contributed by atoms with Gasteiger partial charge in [0.1, 0.15) is 5.75 Å². The van der Waals surface area contributed by atoms with Gasteiger partial charge in [-0.05, 0) is 97.1 Å². The third kappa shape index (κ3) is 5.55. The van der Waals surface area contributed by atoms with Crippen LogP contribution >= 0.6 is 12.2 Å². The Kier molecular flexibility index (Phi) is 6.90. The predicted molar refractivity (Wildman–Crippen MR) is 146 cm³/mol. The normalized spacial score (nSPS) is 12.7. The van der Waals surface area contributed by atoms with Crippen LogP contribution in [0.3, 0.4) is 0 Å². The molecule has 1 aromatic heterocycles. The minimum absolute atomic E-state index is 0.266. The molecule has 0 saturated heterocycles. The number of ether oxygens (including phenoxy) is 1. The summed E-state index contributed by atoms with van der Waals surface area (Å²) < 4.78 is 43.1. The molecular weight excluding hydrogens is 511 g/mol. The summed E-state index contributed by atoms with van der Waals surface area (Å²) in [6.07, 6.45) is 0.332. The zero-order valence-corrected chi connectivity index (χ0v) is 21.5. The van der Waals surface area contributed by atoms with Crippen LogP contribution in [0.5, 0.6) is 5.75 Å². The Bertz CT molecular complexity index is 1510. The fraction of sp³-hybridized carbons (Fsp3) is 0.179. The minimum atomic E-state index is -4.72. The molecule has 0 fully saturated rings. The Morgan fingerprint density at radius 1 is 1.03 bits per heavy atom. The van der Waals surface area contributed by atoms with Crippen molar-refractivity contribution in [2.75, 3.05) is 5.32 Å². The van der Waals surface area contributed by atoms with E-state index < -0.39 is 6.36 Å². The number of benzene rings is 3. The Hall–Kier alpha value is -4.18. The highest BCUT2D eigenvalue weighted by molar-refractivity contribution is 7.80. The molecule has 6 nitrogen and oxygen atoms in total. The number of hydrazone groups is 1. The molecule has 0 amide bonds. The average Bonchev–Trinajstić information content (AvgIpc) is 3.30. The lowest BCUT2D eigenvalue weighted by atomic mass is 9.89. The molecule has 1 aliphatic carbocycles. The second-order valence-electron chi connectivity index (χ2n) is 8.97. The number of anilines is 1. The van der Waals surface area contributed by atoms with Crippen LogP contribution in [0.15, 0.2) is 72.0 Å². The SMILES string of the molecule is Cc1cccc(C)c1NC(=S)NN=Cc1ccc2c(c1)CCc1c-2cnn1-c1ccc(OC(F)(F)F)cc1. The number of hydrogen-bond acceptors (Lipinski definition) is 4. The van der Waals surface area contributed by atoms with Crippen LogP contribution in [-0.2, 0) is 12.8 Å². The van der Waals surface area contributed by atoms with Crippen molar-refractivity contribution in [1.82, 2.24) is 15.2 Å². The third-order valence-electron chi connectivity index (χ3n) is 6.33. The van der Waals surface area contributed by atoms with Crippen molar-refractivity contribution in [2.45, 2.75) is 33.1 Å². The number of fused-ring (bicyclic) bond motifs is 3. The van der Waals surface area contributed by atoms with Gasteiger partial charge in [-0.2, -0.15) is 10.2 Å². The van der Waals surface area contributed by atoms with Gasteiger partial charge >= 0.3 is 6.36 Å². The number of rotatable bonds is 5. The van der Waals surface area contributed by atoms with Crippen molar-refractivity contribution in [1.29, 1.82) is 0 Å². The summed E-state index contributed by atoms with van der Waals surface area (Å²) >= 11 is 5.38. The van der Waals surface area contributed by atoms with Gasteiger partial charge in [0.15, 0.2) is 5.11 Å². The lowest BCUT2D eigenvalue weighted by Crippen LogP contribution is -2.24. The van der Waals surface area contributed by atoms with E-state index in [-0.39, 0.29) is 5.75 Å². The number of nitrogens with one attached hydrogen (secondary N) is 2. The van der Waals surface area contributed by atoms with Crippen molar-refractivity contribution < 1.29 is 17.9 Å². The largest absolute Gasteiger partial charge is 0.573 e. The second kappa shape index (κ2) is 10.3. The van der Waals surface area contributed by atoms with Crippen molar-refractivity contribution in [3.8, 4) is 22.6 Å². The molecule has 0 radical (unpaired) electrons. The number of nitrogens with zero attached hydrogens (tertiary/aromatic N) is 3. The van der Waals surface area contributed by atoms with Gasteiger partial charge in [0.2, 0.25) is 0 Å². The molecule has 5 rings (SSSR count). The second-order valence-corrected chi connectivity index (χ2v) is 9.37. The standard InChI is InChI=1S/C28H24F3N5OS/c1-17-4-3-5-18(2)26(17)34-27(38)35-32-15-19-6-12-23-20(14-19)7-13-25-24(23)16-33-36(25)21-8-10-22(11-9-21)37-28(29,30)31/h3-6,8-12,14-16H,7,13H2,1-2H3,(H2,34,35,38). The minimum Gasteiger partial charge on any atom is -0.406 e. The molecule has 1 aliphatic rings. The Labute approximate surface area is 223 Å². The molecule has 10 heteroatoms. The lowest BCUT2D eigenvalue weighted by Gasteiger charge is -2.18. The quantitative estimate of drug-likeness (QED) is 0.174. The van der Waals surface area contributed by atoms with Gasteiger partial charge in [-0.3, -0.25) is 5.43 Å². The summed E-state index contributed by atoms with van der Waals surface area (Å²) in [5.74, 6) is -0.266. The Morgan fingerprint density at radius 2 is 1.76 bits per heavy atom. The van der Waals surface area contributed by atoms with Crippen molar-refractivity contribution in [3.63, 3.8) is 0 Å². The van der Waals surface area contributed by atoms with Gasteiger partial charge in [-0.1, -0.05) is 30.3 Å². The molecule has 0 saturated carbocycles. The van der Waals surface area contributed by atoms with Gasteiger partial charge in [0.05, 0.1) is 23.8 Å². The molecule has 0 spiro atoms. The van der Waals surface area contributed by atoms with Crippen molar-refractivity contribution in [2.24, 2.45) is 5.10 Å². The number of hydrogen-bond donors (Lipinski definition) is 2. The van der Waals surface area contributed by atoms with Crippen LogP contribution < -0.4 is 15.5 Å². The molecule has 3 aromatic carbocycles. The molecule has 0 aliphatic heterocycles. The fourth-order valence-corrected chi connectivity index (χ4v) is 4.74. The van der Waals surface area contributed by atoms with Gasteiger partial charge in [-0.25, -0.2) is 4.68 Å². The average molecular weight is 536 g/mol. The molecule has 2 N–H and O–H groups in total. The summed E-state index contributed by atoms with van der Waals surface area (Å²) in [5, 5.41) is 12.4. The molecular formula is C28H24F3N5OS. The van der Waals surface area contributed by atoms with E-state index in [0.29, 0.717) is 10.8 Å². The number of thiocarbonyl (C=S) groups is 1. The molecule has 1 heterocycles. The zero-order valence-electron chi connectivity index (χ0n) is 20.6. The first-order valence-corrected chi connectivity index (χ1v) is 12.3. The van der Waals surface area contributed by atoms with Crippen LogP contribution in [0.1, 0.15) is 27.9 Å². The maximum absolute atomic E-state index is 12.5. The van der Waals surface area contributed by atoms with Gasteiger partial charge in [0, 0.05) is 11.3 Å². The first kappa shape index (κ1) is 25.5. The smallest absolute Gasteiger partial charge is 0.406 e. The summed E-state index contributed by atoms with van der Waals surface area (Å²) in [6.45, 7) is 4.04. The summed E-state index contributed by atoms with van der Waals surface area (Å²) in [5.41, 5.74) is 11.9. The topological polar surface area (TPSA) is 63.5 Å². The maximum atomic E-state index is 12.5. The Morgan fingerprint density at radius 3 is 2.47 bits per heavy atom. The highest BCUT2D eigenvalue weighted by Crippen LogP contribution is 2.35.